The number of nitrogens with one attached hydrogen (secondary N) is 1. The van der Waals surface area contributed by atoms with Crippen molar-refractivity contribution in [1.82, 2.24) is 5.32 Å². The Morgan fingerprint density at radius 1 is 1.12 bits per heavy atom. The topological polar surface area (TPSA) is 41.5 Å². The molecule has 0 aliphatic carbocycles. The lowest BCUT2D eigenvalue weighted by molar-refractivity contribution is -0.0646. The minimum atomic E-state index is -0.561. The van der Waals surface area contributed by atoms with Gasteiger partial charge < -0.3 is 15.2 Å². The van der Waals surface area contributed by atoms with Crippen LogP contribution in [0.5, 0.6) is 0 Å². The number of rotatable bonds is 8. The van der Waals surface area contributed by atoms with Crippen LogP contribution >= 0.6 is 0 Å². The van der Waals surface area contributed by atoms with Crippen molar-refractivity contribution in [3.8, 4) is 0 Å². The molecule has 1 aliphatic rings. The Morgan fingerprint density at radius 3 is 2.50 bits per heavy atom. The van der Waals surface area contributed by atoms with Gasteiger partial charge in [0.25, 0.3) is 0 Å². The monoisotopic (exact) mass is 229 g/mol. The summed E-state index contributed by atoms with van der Waals surface area (Å²) in [6, 6.07) is 0. The van der Waals surface area contributed by atoms with E-state index in [1.54, 1.807) is 0 Å². The molecule has 2 N–H and O–H groups in total. The molecule has 0 unspecified atom stereocenters. The maximum atomic E-state index is 10.1. The zero-order valence-corrected chi connectivity index (χ0v) is 10.6. The summed E-state index contributed by atoms with van der Waals surface area (Å²) in [5.74, 6) is 0. The highest BCUT2D eigenvalue weighted by Crippen LogP contribution is 2.18. The van der Waals surface area contributed by atoms with Crippen LogP contribution in [0.1, 0.15) is 51.9 Å². The second kappa shape index (κ2) is 8.04. The van der Waals surface area contributed by atoms with Crippen LogP contribution in [0.4, 0.5) is 0 Å². The highest BCUT2D eigenvalue weighted by Gasteiger charge is 2.28. The average Bonchev–Trinajstić information content (AvgIpc) is 2.29. The normalized spacial score (nSPS) is 19.9. The van der Waals surface area contributed by atoms with Crippen LogP contribution in [0, 0.1) is 0 Å². The van der Waals surface area contributed by atoms with E-state index in [0.29, 0.717) is 6.61 Å². The molecule has 1 heterocycles. The van der Waals surface area contributed by atoms with Gasteiger partial charge in [-0.25, -0.2) is 0 Å². The van der Waals surface area contributed by atoms with E-state index in [4.69, 9.17) is 4.74 Å². The van der Waals surface area contributed by atoms with Gasteiger partial charge in [-0.2, -0.15) is 0 Å². The van der Waals surface area contributed by atoms with Crippen molar-refractivity contribution in [2.24, 2.45) is 0 Å². The number of hydrogen-bond donors (Lipinski definition) is 2. The third kappa shape index (κ3) is 5.83. The maximum absolute atomic E-state index is 10.1. The van der Waals surface area contributed by atoms with Crippen molar-refractivity contribution in [2.75, 3.05) is 26.3 Å². The summed E-state index contributed by atoms with van der Waals surface area (Å²) in [6.07, 6.45) is 7.96. The zero-order valence-electron chi connectivity index (χ0n) is 10.6. The average molecular weight is 229 g/mol. The summed E-state index contributed by atoms with van der Waals surface area (Å²) in [6.45, 7) is 5.37. The predicted octanol–water partition coefficient (Wildman–Crippen LogP) is 2.09. The highest BCUT2D eigenvalue weighted by atomic mass is 16.5. The van der Waals surface area contributed by atoms with Crippen molar-refractivity contribution < 1.29 is 9.84 Å². The Kier molecular flexibility index (Phi) is 7.01. The lowest BCUT2D eigenvalue weighted by Gasteiger charge is -2.32. The predicted molar refractivity (Wildman–Crippen MR) is 66.6 cm³/mol. The van der Waals surface area contributed by atoms with Crippen LogP contribution in [0.25, 0.3) is 0 Å². The molecule has 16 heavy (non-hydrogen) atoms. The quantitative estimate of drug-likeness (QED) is 0.626. The van der Waals surface area contributed by atoms with Gasteiger partial charge in [0.2, 0.25) is 0 Å². The molecule has 96 valence electrons. The molecule has 1 aliphatic heterocycles. The minimum Gasteiger partial charge on any atom is -0.387 e. The molecular weight excluding hydrogens is 202 g/mol. The molecule has 0 aromatic rings. The second-order valence-electron chi connectivity index (χ2n) is 4.94. The Labute approximate surface area is 99.6 Å². The number of piperidine rings is 1. The zero-order chi connectivity index (χ0) is 11.7. The van der Waals surface area contributed by atoms with Crippen molar-refractivity contribution in [1.29, 1.82) is 0 Å². The summed E-state index contributed by atoms with van der Waals surface area (Å²) in [5, 5.41) is 13.4. The molecule has 0 amide bonds. The third-order valence-electron chi connectivity index (χ3n) is 3.30. The first-order chi connectivity index (χ1) is 7.77. The Balaban J connectivity index is 1.93. The van der Waals surface area contributed by atoms with Gasteiger partial charge in [0, 0.05) is 6.61 Å². The van der Waals surface area contributed by atoms with Gasteiger partial charge in [0.05, 0.1) is 12.2 Å². The van der Waals surface area contributed by atoms with Crippen molar-refractivity contribution in [3.05, 3.63) is 0 Å². The SMILES string of the molecule is CCCCCCCOCC1(O)CCNCC1. The Morgan fingerprint density at radius 2 is 1.81 bits per heavy atom. The molecule has 3 nitrogen and oxygen atoms in total. The summed E-state index contributed by atoms with van der Waals surface area (Å²) in [5.41, 5.74) is -0.561. The molecule has 3 heteroatoms. The first kappa shape index (κ1) is 13.9. The van der Waals surface area contributed by atoms with Gasteiger partial charge in [-0.1, -0.05) is 32.6 Å². The van der Waals surface area contributed by atoms with E-state index in [-0.39, 0.29) is 0 Å². The molecule has 1 rings (SSSR count). The number of unbranched alkanes of at least 4 members (excludes halogenated alkanes) is 4. The van der Waals surface area contributed by atoms with Gasteiger partial charge in [-0.05, 0) is 32.4 Å². The molecule has 0 bridgehead atoms. The summed E-state index contributed by atoms with van der Waals surface area (Å²) in [4.78, 5) is 0. The van der Waals surface area contributed by atoms with E-state index in [1.807, 2.05) is 0 Å². The largest absolute Gasteiger partial charge is 0.387 e. The van der Waals surface area contributed by atoms with Gasteiger partial charge in [0.15, 0.2) is 0 Å². The van der Waals surface area contributed by atoms with Crippen molar-refractivity contribution >= 4 is 0 Å². The number of aliphatic hydroxyl groups is 1. The lowest BCUT2D eigenvalue weighted by atomic mass is 9.94. The molecule has 0 saturated carbocycles. The Bertz CT molecular complexity index is 167. The fourth-order valence-corrected chi connectivity index (χ4v) is 2.11. The molecule has 1 fully saturated rings. The van der Waals surface area contributed by atoms with Crippen LogP contribution in [0.3, 0.4) is 0 Å². The lowest BCUT2D eigenvalue weighted by Crippen LogP contribution is -2.45. The van der Waals surface area contributed by atoms with Crippen LogP contribution in [-0.4, -0.2) is 37.0 Å². The standard InChI is InChI=1S/C13H27NO2/c1-2-3-4-5-6-11-16-12-13(15)7-9-14-10-8-13/h14-15H,2-12H2,1H3. The van der Waals surface area contributed by atoms with E-state index in [2.05, 4.69) is 12.2 Å². The number of ether oxygens (including phenoxy) is 1. The van der Waals surface area contributed by atoms with Gasteiger partial charge in [-0.15, -0.1) is 0 Å². The highest BCUT2D eigenvalue weighted by molar-refractivity contribution is 4.83. The minimum absolute atomic E-state index is 0.516. The first-order valence-corrected chi connectivity index (χ1v) is 6.78. The molecular formula is C13H27NO2. The van der Waals surface area contributed by atoms with E-state index in [1.165, 1.54) is 25.7 Å². The second-order valence-corrected chi connectivity index (χ2v) is 4.94. The molecule has 1 saturated heterocycles. The first-order valence-electron chi connectivity index (χ1n) is 6.78. The van der Waals surface area contributed by atoms with Gasteiger partial charge in [-0.3, -0.25) is 0 Å². The van der Waals surface area contributed by atoms with Crippen molar-refractivity contribution in [3.63, 3.8) is 0 Å². The van der Waals surface area contributed by atoms with Gasteiger partial charge in [0.1, 0.15) is 0 Å². The molecule has 0 spiro atoms. The van der Waals surface area contributed by atoms with E-state index >= 15 is 0 Å². The van der Waals surface area contributed by atoms with Crippen LogP contribution in [0.2, 0.25) is 0 Å². The third-order valence-corrected chi connectivity index (χ3v) is 3.30. The molecule has 0 aromatic carbocycles. The summed E-state index contributed by atoms with van der Waals surface area (Å²) < 4.78 is 5.58. The summed E-state index contributed by atoms with van der Waals surface area (Å²) >= 11 is 0. The van der Waals surface area contributed by atoms with E-state index < -0.39 is 5.60 Å². The Hall–Kier alpha value is -0.120. The molecule has 0 radical (unpaired) electrons. The van der Waals surface area contributed by atoms with Crippen molar-refractivity contribution in [2.45, 2.75) is 57.5 Å². The van der Waals surface area contributed by atoms with E-state index in [9.17, 15) is 5.11 Å². The summed E-state index contributed by atoms with van der Waals surface area (Å²) in [7, 11) is 0. The smallest absolute Gasteiger partial charge is 0.0904 e. The number of hydrogen-bond acceptors (Lipinski definition) is 3. The fraction of sp³-hybridized carbons (Fsp3) is 1.00. The van der Waals surface area contributed by atoms with Gasteiger partial charge >= 0.3 is 0 Å². The fourth-order valence-electron chi connectivity index (χ4n) is 2.11. The van der Waals surface area contributed by atoms with Crippen LogP contribution in [0.15, 0.2) is 0 Å². The maximum Gasteiger partial charge on any atom is 0.0904 e. The molecule has 0 atom stereocenters. The van der Waals surface area contributed by atoms with Crippen LogP contribution < -0.4 is 5.32 Å². The van der Waals surface area contributed by atoms with E-state index in [0.717, 1.165) is 39.0 Å². The molecule has 0 aromatic heterocycles. The van der Waals surface area contributed by atoms with Crippen LogP contribution in [-0.2, 0) is 4.74 Å².